The van der Waals surface area contributed by atoms with Gasteiger partial charge in [-0.2, -0.15) is 0 Å². The molecule has 0 aliphatic heterocycles. The fourth-order valence-electron chi connectivity index (χ4n) is 2.58. The number of aliphatic hydroxyl groups is 1. The third-order valence-electron chi connectivity index (χ3n) is 3.51. The first kappa shape index (κ1) is 14.0. The highest BCUT2D eigenvalue weighted by Crippen LogP contribution is 2.31. The molecule has 104 valence electrons. The van der Waals surface area contributed by atoms with Crippen LogP contribution in [0, 0.1) is 5.92 Å². The fraction of sp³-hybridized carbons (Fsp3) is 0.583. The van der Waals surface area contributed by atoms with E-state index in [0.717, 1.165) is 25.7 Å². The van der Waals surface area contributed by atoms with Gasteiger partial charge in [-0.3, -0.25) is 4.79 Å². The number of nitrogens with two attached hydrogens (primary N) is 1. The lowest BCUT2D eigenvalue weighted by atomic mass is 10.00. The number of rotatable bonds is 5. The van der Waals surface area contributed by atoms with Crippen molar-refractivity contribution in [3.63, 3.8) is 0 Å². The van der Waals surface area contributed by atoms with Crippen LogP contribution in [0.5, 0.6) is 0 Å². The molecule has 0 bridgehead atoms. The maximum Gasteiger partial charge on any atom is 0.252 e. The van der Waals surface area contributed by atoms with Gasteiger partial charge in [0.1, 0.15) is 0 Å². The van der Waals surface area contributed by atoms with Crippen molar-refractivity contribution >= 4 is 23.3 Å². The molecule has 1 aromatic heterocycles. The van der Waals surface area contributed by atoms with Gasteiger partial charge < -0.3 is 16.2 Å². The first-order valence-corrected chi connectivity index (χ1v) is 6.70. The van der Waals surface area contributed by atoms with Crippen LogP contribution in [0.4, 0.5) is 5.82 Å². The molecule has 0 aromatic carbocycles. The number of nitrogens with one attached hydrogen (secondary N) is 1. The van der Waals surface area contributed by atoms with Crippen molar-refractivity contribution in [2.75, 3.05) is 11.9 Å². The highest BCUT2D eigenvalue weighted by Gasteiger charge is 2.28. The zero-order chi connectivity index (χ0) is 13.8. The molecule has 1 saturated carbocycles. The number of hydrogen-bond donors (Lipinski definition) is 3. The smallest absolute Gasteiger partial charge is 0.252 e. The summed E-state index contributed by atoms with van der Waals surface area (Å²) in [6.07, 6.45) is 3.87. The van der Waals surface area contributed by atoms with Crippen molar-refractivity contribution in [3.8, 4) is 0 Å². The summed E-state index contributed by atoms with van der Waals surface area (Å²) in [6, 6.07) is 1.59. The van der Waals surface area contributed by atoms with E-state index in [-0.39, 0.29) is 23.4 Å². The van der Waals surface area contributed by atoms with Crippen molar-refractivity contribution < 1.29 is 9.90 Å². The second kappa shape index (κ2) is 6.16. The number of aliphatic hydroxyl groups excluding tert-OH is 1. The molecule has 2 rings (SSSR count). The second-order valence-electron chi connectivity index (χ2n) is 4.75. The topological polar surface area (TPSA) is 101 Å². The van der Waals surface area contributed by atoms with Crippen LogP contribution in [0.15, 0.2) is 6.07 Å². The van der Waals surface area contributed by atoms with Crippen LogP contribution in [0.1, 0.15) is 36.0 Å². The lowest BCUT2D eigenvalue weighted by Crippen LogP contribution is -2.27. The minimum atomic E-state index is -0.587. The normalized spacial score (nSPS) is 22.4. The minimum absolute atomic E-state index is 0.137. The van der Waals surface area contributed by atoms with E-state index in [9.17, 15) is 4.79 Å². The number of halogens is 1. The summed E-state index contributed by atoms with van der Waals surface area (Å²) in [7, 11) is 0. The van der Waals surface area contributed by atoms with E-state index in [1.165, 1.54) is 6.07 Å². The van der Waals surface area contributed by atoms with Gasteiger partial charge in [-0.1, -0.05) is 18.0 Å². The van der Waals surface area contributed by atoms with Gasteiger partial charge in [0.2, 0.25) is 0 Å². The Morgan fingerprint density at radius 1 is 1.53 bits per heavy atom. The third-order valence-corrected chi connectivity index (χ3v) is 3.70. The van der Waals surface area contributed by atoms with Crippen LogP contribution in [0.25, 0.3) is 0 Å². The van der Waals surface area contributed by atoms with E-state index in [2.05, 4.69) is 15.5 Å². The Morgan fingerprint density at radius 3 is 3.00 bits per heavy atom. The van der Waals surface area contributed by atoms with Crippen molar-refractivity contribution in [1.29, 1.82) is 0 Å². The zero-order valence-electron chi connectivity index (χ0n) is 10.5. The quantitative estimate of drug-likeness (QED) is 0.754. The van der Waals surface area contributed by atoms with Crippen LogP contribution >= 0.6 is 11.6 Å². The number of nitrogens with zero attached hydrogens (tertiary/aromatic N) is 2. The Bertz CT molecular complexity index is 469. The molecule has 1 aliphatic rings. The molecule has 2 atom stereocenters. The fourth-order valence-corrected chi connectivity index (χ4v) is 2.72. The molecule has 6 nitrogen and oxygen atoms in total. The summed E-state index contributed by atoms with van der Waals surface area (Å²) in [4.78, 5) is 11.4. The van der Waals surface area contributed by atoms with Gasteiger partial charge in [0.15, 0.2) is 11.0 Å². The predicted molar refractivity (Wildman–Crippen MR) is 72.0 cm³/mol. The van der Waals surface area contributed by atoms with E-state index in [4.69, 9.17) is 22.4 Å². The molecule has 19 heavy (non-hydrogen) atoms. The molecule has 1 heterocycles. The summed E-state index contributed by atoms with van der Waals surface area (Å²) in [5, 5.41) is 20.0. The number of amides is 1. The number of anilines is 1. The van der Waals surface area contributed by atoms with Gasteiger partial charge in [-0.25, -0.2) is 0 Å². The molecular formula is C12H17ClN4O2. The van der Waals surface area contributed by atoms with Crippen molar-refractivity contribution in [1.82, 2.24) is 10.2 Å². The minimum Gasteiger partial charge on any atom is -0.396 e. The SMILES string of the molecule is NC(=O)c1cc(Cl)nnc1NC1CCCC1CCO. The summed E-state index contributed by atoms with van der Waals surface area (Å²) in [5.41, 5.74) is 5.55. The Morgan fingerprint density at radius 2 is 2.32 bits per heavy atom. The highest BCUT2D eigenvalue weighted by atomic mass is 35.5. The summed E-state index contributed by atoms with van der Waals surface area (Å²) >= 11 is 5.71. The number of hydrogen-bond acceptors (Lipinski definition) is 5. The van der Waals surface area contributed by atoms with E-state index >= 15 is 0 Å². The first-order valence-electron chi connectivity index (χ1n) is 6.32. The van der Waals surface area contributed by atoms with Crippen LogP contribution in [-0.4, -0.2) is 33.9 Å². The van der Waals surface area contributed by atoms with E-state index in [1.807, 2.05) is 0 Å². The molecule has 2 unspecified atom stereocenters. The van der Waals surface area contributed by atoms with Gasteiger partial charge in [0.05, 0.1) is 5.56 Å². The van der Waals surface area contributed by atoms with E-state index < -0.39 is 5.91 Å². The van der Waals surface area contributed by atoms with E-state index in [1.54, 1.807) is 0 Å². The number of primary amides is 1. The number of aromatic nitrogens is 2. The Hall–Kier alpha value is -1.40. The third kappa shape index (κ3) is 3.33. The van der Waals surface area contributed by atoms with Crippen LogP contribution in [0.3, 0.4) is 0 Å². The van der Waals surface area contributed by atoms with Gasteiger partial charge in [-0.15, -0.1) is 10.2 Å². The van der Waals surface area contributed by atoms with Gasteiger partial charge in [-0.05, 0) is 31.2 Å². The maximum absolute atomic E-state index is 11.4. The average Bonchev–Trinajstić information content (AvgIpc) is 2.79. The highest BCUT2D eigenvalue weighted by molar-refractivity contribution is 6.29. The van der Waals surface area contributed by atoms with Crippen molar-refractivity contribution in [2.45, 2.75) is 31.7 Å². The molecule has 0 saturated heterocycles. The summed E-state index contributed by atoms with van der Waals surface area (Å²) < 4.78 is 0. The molecule has 4 N–H and O–H groups in total. The number of carbonyl (C=O) groups is 1. The van der Waals surface area contributed by atoms with E-state index in [0.29, 0.717) is 11.7 Å². The molecular weight excluding hydrogens is 268 g/mol. The molecule has 1 aromatic rings. The van der Waals surface area contributed by atoms with Gasteiger partial charge >= 0.3 is 0 Å². The molecule has 1 aliphatic carbocycles. The average molecular weight is 285 g/mol. The number of carbonyl (C=O) groups excluding carboxylic acids is 1. The first-order chi connectivity index (χ1) is 9.11. The lowest BCUT2D eigenvalue weighted by molar-refractivity contribution is 0.100. The Labute approximate surface area is 116 Å². The lowest BCUT2D eigenvalue weighted by Gasteiger charge is -2.21. The van der Waals surface area contributed by atoms with Gasteiger partial charge in [0, 0.05) is 12.6 Å². The van der Waals surface area contributed by atoms with Crippen molar-refractivity contribution in [2.24, 2.45) is 11.7 Å². The summed E-state index contributed by atoms with van der Waals surface area (Å²) in [5.74, 6) is 0.158. The molecule has 1 fully saturated rings. The largest absolute Gasteiger partial charge is 0.396 e. The second-order valence-corrected chi connectivity index (χ2v) is 5.13. The molecule has 1 amide bonds. The monoisotopic (exact) mass is 284 g/mol. The molecule has 7 heteroatoms. The maximum atomic E-state index is 11.4. The van der Waals surface area contributed by atoms with Crippen LogP contribution < -0.4 is 11.1 Å². The Kier molecular flexibility index (Phi) is 4.55. The predicted octanol–water partition coefficient (Wildman–Crippen LogP) is 1.19. The molecule has 0 radical (unpaired) electrons. The molecule has 0 spiro atoms. The Balaban J connectivity index is 2.16. The van der Waals surface area contributed by atoms with Crippen LogP contribution in [-0.2, 0) is 0 Å². The van der Waals surface area contributed by atoms with Gasteiger partial charge in [0.25, 0.3) is 5.91 Å². The van der Waals surface area contributed by atoms with Crippen molar-refractivity contribution in [3.05, 3.63) is 16.8 Å². The zero-order valence-corrected chi connectivity index (χ0v) is 11.2. The standard InChI is InChI=1S/C12H17ClN4O2/c13-10-6-8(11(14)19)12(17-16-10)15-9-3-1-2-7(9)4-5-18/h6-7,9,18H,1-5H2,(H2,14,19)(H,15,17). The van der Waals surface area contributed by atoms with Crippen LogP contribution in [0.2, 0.25) is 5.15 Å². The summed E-state index contributed by atoms with van der Waals surface area (Å²) in [6.45, 7) is 0.165.